The first-order valence-corrected chi connectivity index (χ1v) is 10.4. The Hall–Kier alpha value is -2.38. The minimum Gasteiger partial charge on any atom is -0.336 e. The highest BCUT2D eigenvalue weighted by Gasteiger charge is 2.21. The Labute approximate surface area is 160 Å². The molecule has 0 aromatic heterocycles. The number of carbonyl (C=O) groups excluding carboxylic acids is 1. The third kappa shape index (κ3) is 4.48. The van der Waals surface area contributed by atoms with Crippen LogP contribution in [0.3, 0.4) is 0 Å². The van der Waals surface area contributed by atoms with E-state index in [0.29, 0.717) is 24.3 Å². The molecule has 1 heterocycles. The quantitative estimate of drug-likeness (QED) is 0.875. The second-order valence-corrected chi connectivity index (χ2v) is 8.73. The molecular weight excluding hydrogens is 362 g/mol. The fraction of sp³-hybridized carbons (Fsp3) is 0.350. The van der Waals surface area contributed by atoms with E-state index in [-0.39, 0.29) is 10.8 Å². The number of rotatable bonds is 4. The molecule has 0 radical (unpaired) electrons. The van der Waals surface area contributed by atoms with Crippen LogP contribution in [0.2, 0.25) is 0 Å². The van der Waals surface area contributed by atoms with Crippen LogP contribution in [-0.4, -0.2) is 57.4 Å². The molecule has 2 aromatic rings. The van der Waals surface area contributed by atoms with Gasteiger partial charge in [-0.05, 0) is 56.8 Å². The van der Waals surface area contributed by atoms with Gasteiger partial charge in [-0.3, -0.25) is 9.52 Å². The number of piperazine rings is 1. The van der Waals surface area contributed by atoms with Gasteiger partial charge in [0.25, 0.3) is 15.9 Å². The molecular formula is C20H25N3O3S. The number of hydrogen-bond acceptors (Lipinski definition) is 4. The van der Waals surface area contributed by atoms with Crippen molar-refractivity contribution in [2.45, 2.75) is 18.7 Å². The first-order valence-electron chi connectivity index (χ1n) is 8.94. The molecule has 0 saturated carbocycles. The molecule has 1 aliphatic rings. The summed E-state index contributed by atoms with van der Waals surface area (Å²) in [6.07, 6.45) is 0. The van der Waals surface area contributed by atoms with Crippen LogP contribution >= 0.6 is 0 Å². The van der Waals surface area contributed by atoms with Gasteiger partial charge in [-0.15, -0.1) is 0 Å². The van der Waals surface area contributed by atoms with E-state index in [2.05, 4.69) is 9.62 Å². The number of anilines is 1. The predicted octanol–water partition coefficient (Wildman–Crippen LogP) is 2.49. The van der Waals surface area contributed by atoms with Crippen LogP contribution in [-0.2, 0) is 10.0 Å². The highest BCUT2D eigenvalue weighted by Crippen LogP contribution is 2.21. The number of hydrogen-bond donors (Lipinski definition) is 1. The van der Waals surface area contributed by atoms with Crippen molar-refractivity contribution in [3.8, 4) is 0 Å². The summed E-state index contributed by atoms with van der Waals surface area (Å²) >= 11 is 0. The number of sulfonamides is 1. The van der Waals surface area contributed by atoms with Crippen LogP contribution in [0.15, 0.2) is 47.4 Å². The Kier molecular flexibility index (Phi) is 5.53. The lowest BCUT2D eigenvalue weighted by Gasteiger charge is -2.32. The van der Waals surface area contributed by atoms with Gasteiger partial charge in [0.2, 0.25) is 0 Å². The second-order valence-electron chi connectivity index (χ2n) is 7.04. The minimum atomic E-state index is -3.70. The van der Waals surface area contributed by atoms with E-state index in [4.69, 9.17) is 0 Å². The Balaban J connectivity index is 1.74. The molecule has 144 valence electrons. The standard InChI is InChI=1S/C20H25N3O3S/c1-15-4-9-19(16(2)14-15)21-27(25,26)18-7-5-17(6-8-18)20(24)23-12-10-22(3)11-13-23/h4-9,14,21H,10-13H2,1-3H3. The summed E-state index contributed by atoms with van der Waals surface area (Å²) in [4.78, 5) is 16.7. The summed E-state index contributed by atoms with van der Waals surface area (Å²) in [6, 6.07) is 11.7. The van der Waals surface area contributed by atoms with Crippen molar-refractivity contribution in [3.05, 3.63) is 59.2 Å². The fourth-order valence-electron chi connectivity index (χ4n) is 3.10. The van der Waals surface area contributed by atoms with Crippen molar-refractivity contribution in [2.24, 2.45) is 0 Å². The number of nitrogens with zero attached hydrogens (tertiary/aromatic N) is 2. The zero-order valence-electron chi connectivity index (χ0n) is 15.9. The smallest absolute Gasteiger partial charge is 0.261 e. The number of likely N-dealkylation sites (N-methyl/N-ethyl adjacent to an activating group) is 1. The second kappa shape index (κ2) is 7.70. The predicted molar refractivity (Wildman–Crippen MR) is 107 cm³/mol. The molecule has 1 N–H and O–H groups in total. The summed E-state index contributed by atoms with van der Waals surface area (Å²) in [5.74, 6) is -0.0608. The number of nitrogens with one attached hydrogen (secondary N) is 1. The first-order chi connectivity index (χ1) is 12.8. The van der Waals surface area contributed by atoms with Crippen molar-refractivity contribution in [2.75, 3.05) is 37.9 Å². The summed E-state index contributed by atoms with van der Waals surface area (Å²) in [7, 11) is -1.67. The molecule has 7 heteroatoms. The van der Waals surface area contributed by atoms with Crippen molar-refractivity contribution in [1.82, 2.24) is 9.80 Å². The van der Waals surface area contributed by atoms with Crippen LogP contribution in [0.4, 0.5) is 5.69 Å². The van der Waals surface area contributed by atoms with E-state index in [1.165, 1.54) is 12.1 Å². The van der Waals surface area contributed by atoms with Crippen LogP contribution in [0.1, 0.15) is 21.5 Å². The SMILES string of the molecule is Cc1ccc(NS(=O)(=O)c2ccc(C(=O)N3CCN(C)CC3)cc2)c(C)c1. The van der Waals surface area contributed by atoms with E-state index in [1.54, 1.807) is 23.1 Å². The maximum atomic E-state index is 12.6. The van der Waals surface area contributed by atoms with Gasteiger partial charge in [0.1, 0.15) is 0 Å². The molecule has 1 saturated heterocycles. The van der Waals surface area contributed by atoms with E-state index >= 15 is 0 Å². The molecule has 2 aromatic carbocycles. The molecule has 0 bridgehead atoms. The molecule has 0 atom stereocenters. The molecule has 3 rings (SSSR count). The highest BCUT2D eigenvalue weighted by molar-refractivity contribution is 7.92. The van der Waals surface area contributed by atoms with Crippen LogP contribution < -0.4 is 4.72 Å². The summed E-state index contributed by atoms with van der Waals surface area (Å²) in [5, 5.41) is 0. The Morgan fingerprint density at radius 3 is 2.19 bits per heavy atom. The molecule has 1 amide bonds. The Bertz CT molecular complexity index is 931. The minimum absolute atomic E-state index is 0.0608. The Morgan fingerprint density at radius 1 is 0.963 bits per heavy atom. The van der Waals surface area contributed by atoms with Gasteiger partial charge in [-0.25, -0.2) is 8.42 Å². The van der Waals surface area contributed by atoms with E-state index in [9.17, 15) is 13.2 Å². The first kappa shape index (κ1) is 19.4. The number of aryl methyl sites for hydroxylation is 2. The van der Waals surface area contributed by atoms with Gasteiger partial charge < -0.3 is 9.80 Å². The van der Waals surface area contributed by atoms with Crippen molar-refractivity contribution < 1.29 is 13.2 Å². The zero-order chi connectivity index (χ0) is 19.6. The molecule has 6 nitrogen and oxygen atoms in total. The number of carbonyl (C=O) groups is 1. The monoisotopic (exact) mass is 387 g/mol. The van der Waals surface area contributed by atoms with Crippen LogP contribution in [0.25, 0.3) is 0 Å². The molecule has 1 aliphatic heterocycles. The van der Waals surface area contributed by atoms with E-state index < -0.39 is 10.0 Å². The Morgan fingerprint density at radius 2 is 1.59 bits per heavy atom. The van der Waals surface area contributed by atoms with Gasteiger partial charge in [-0.1, -0.05) is 17.7 Å². The lowest BCUT2D eigenvalue weighted by atomic mass is 10.1. The zero-order valence-corrected chi connectivity index (χ0v) is 16.7. The van der Waals surface area contributed by atoms with Crippen LogP contribution in [0.5, 0.6) is 0 Å². The van der Waals surface area contributed by atoms with Crippen molar-refractivity contribution in [1.29, 1.82) is 0 Å². The van der Waals surface area contributed by atoms with Gasteiger partial charge >= 0.3 is 0 Å². The van der Waals surface area contributed by atoms with Crippen LogP contribution in [0, 0.1) is 13.8 Å². The molecule has 0 spiro atoms. The lowest BCUT2D eigenvalue weighted by molar-refractivity contribution is 0.0664. The largest absolute Gasteiger partial charge is 0.336 e. The third-order valence-electron chi connectivity index (χ3n) is 4.83. The van der Waals surface area contributed by atoms with Crippen molar-refractivity contribution in [3.63, 3.8) is 0 Å². The highest BCUT2D eigenvalue weighted by atomic mass is 32.2. The summed E-state index contributed by atoms with van der Waals surface area (Å²) in [5.41, 5.74) is 2.99. The fourth-order valence-corrected chi connectivity index (χ4v) is 4.23. The van der Waals surface area contributed by atoms with Crippen molar-refractivity contribution >= 4 is 21.6 Å². The summed E-state index contributed by atoms with van der Waals surface area (Å²) in [6.45, 7) is 6.88. The summed E-state index contributed by atoms with van der Waals surface area (Å²) < 4.78 is 27.9. The maximum Gasteiger partial charge on any atom is 0.261 e. The van der Waals surface area contributed by atoms with Gasteiger partial charge in [0.05, 0.1) is 10.6 Å². The number of amides is 1. The molecule has 1 fully saturated rings. The van der Waals surface area contributed by atoms with Gasteiger partial charge in [0.15, 0.2) is 0 Å². The molecule has 0 unspecified atom stereocenters. The lowest BCUT2D eigenvalue weighted by Crippen LogP contribution is -2.47. The van der Waals surface area contributed by atoms with Gasteiger partial charge in [0, 0.05) is 31.7 Å². The molecule has 0 aliphatic carbocycles. The topological polar surface area (TPSA) is 69.7 Å². The normalized spacial score (nSPS) is 15.6. The average molecular weight is 388 g/mol. The molecule has 27 heavy (non-hydrogen) atoms. The third-order valence-corrected chi connectivity index (χ3v) is 6.21. The maximum absolute atomic E-state index is 12.6. The average Bonchev–Trinajstić information content (AvgIpc) is 2.64. The van der Waals surface area contributed by atoms with Gasteiger partial charge in [-0.2, -0.15) is 0 Å². The van der Waals surface area contributed by atoms with E-state index in [0.717, 1.165) is 24.2 Å². The number of benzene rings is 2. The van der Waals surface area contributed by atoms with E-state index in [1.807, 2.05) is 33.0 Å².